The van der Waals surface area contributed by atoms with Gasteiger partial charge in [0.25, 0.3) is 5.91 Å². The van der Waals surface area contributed by atoms with Crippen molar-refractivity contribution in [3.05, 3.63) is 72.8 Å². The SMILES string of the molecule is COc1ccc2cn(C[C@@]3(c4ccc(-c5cnccn5)cc4)NC(=O)NC3=O)c(O)c2c1. The van der Waals surface area contributed by atoms with Crippen molar-refractivity contribution >= 4 is 22.7 Å². The van der Waals surface area contributed by atoms with Crippen LogP contribution in [0.15, 0.2) is 67.3 Å². The fourth-order valence-corrected chi connectivity index (χ4v) is 4.00. The van der Waals surface area contributed by atoms with Crippen LogP contribution in [-0.4, -0.2) is 38.7 Å². The first-order valence-electron chi connectivity index (χ1n) is 9.86. The van der Waals surface area contributed by atoms with Crippen LogP contribution >= 0.6 is 0 Å². The molecule has 4 aromatic rings. The number of aromatic nitrogens is 3. The van der Waals surface area contributed by atoms with Gasteiger partial charge in [0, 0.05) is 34.9 Å². The fourth-order valence-electron chi connectivity index (χ4n) is 4.00. The predicted molar refractivity (Wildman–Crippen MR) is 116 cm³/mol. The lowest BCUT2D eigenvalue weighted by Gasteiger charge is -2.27. The predicted octanol–water partition coefficient (Wildman–Crippen LogP) is 2.55. The van der Waals surface area contributed by atoms with Crippen LogP contribution in [0.1, 0.15) is 5.56 Å². The number of fused-ring (bicyclic) bond motifs is 1. The van der Waals surface area contributed by atoms with Gasteiger partial charge < -0.3 is 19.7 Å². The van der Waals surface area contributed by atoms with Crippen molar-refractivity contribution in [1.82, 2.24) is 25.2 Å². The van der Waals surface area contributed by atoms with Crippen molar-refractivity contribution in [3.8, 4) is 22.9 Å². The molecule has 9 nitrogen and oxygen atoms in total. The first-order chi connectivity index (χ1) is 15.5. The zero-order chi connectivity index (χ0) is 22.3. The quantitative estimate of drug-likeness (QED) is 0.420. The minimum Gasteiger partial charge on any atom is -0.497 e. The van der Waals surface area contributed by atoms with E-state index < -0.39 is 17.5 Å². The molecule has 0 spiro atoms. The molecule has 1 fully saturated rings. The number of nitrogens with one attached hydrogen (secondary N) is 2. The summed E-state index contributed by atoms with van der Waals surface area (Å²) in [5, 5.41) is 17.3. The van der Waals surface area contributed by atoms with Gasteiger partial charge in [-0.1, -0.05) is 24.3 Å². The zero-order valence-corrected chi connectivity index (χ0v) is 17.1. The monoisotopic (exact) mass is 429 g/mol. The van der Waals surface area contributed by atoms with Crippen molar-refractivity contribution < 1.29 is 19.4 Å². The molecule has 0 aliphatic carbocycles. The molecule has 0 bridgehead atoms. The Kier molecular flexibility index (Phi) is 4.51. The Morgan fingerprint density at radius 1 is 1.12 bits per heavy atom. The average Bonchev–Trinajstić information content (AvgIpc) is 3.29. The third-order valence-corrected chi connectivity index (χ3v) is 5.65. The highest BCUT2D eigenvalue weighted by atomic mass is 16.5. The number of aromatic hydroxyl groups is 1. The molecular weight excluding hydrogens is 410 g/mol. The highest BCUT2D eigenvalue weighted by molar-refractivity contribution is 6.07. The number of imide groups is 1. The second-order valence-corrected chi connectivity index (χ2v) is 7.52. The van der Waals surface area contributed by atoms with Gasteiger partial charge >= 0.3 is 6.03 Å². The number of carbonyl (C=O) groups excluding carboxylic acids is 2. The number of benzene rings is 2. The Morgan fingerprint density at radius 2 is 1.94 bits per heavy atom. The van der Waals surface area contributed by atoms with E-state index in [1.165, 1.54) is 0 Å². The van der Waals surface area contributed by atoms with Gasteiger partial charge in [-0.25, -0.2) is 4.79 Å². The summed E-state index contributed by atoms with van der Waals surface area (Å²) in [6.07, 6.45) is 6.57. The molecule has 0 saturated carbocycles. The van der Waals surface area contributed by atoms with E-state index in [1.54, 1.807) is 60.7 Å². The van der Waals surface area contributed by atoms with Crippen LogP contribution in [0.5, 0.6) is 11.6 Å². The molecule has 3 N–H and O–H groups in total. The Labute approximate surface area is 182 Å². The molecule has 3 amide bonds. The van der Waals surface area contributed by atoms with Gasteiger partial charge in [-0.2, -0.15) is 0 Å². The van der Waals surface area contributed by atoms with Crippen molar-refractivity contribution in [2.75, 3.05) is 7.11 Å². The largest absolute Gasteiger partial charge is 0.497 e. The third kappa shape index (κ3) is 3.11. The van der Waals surface area contributed by atoms with Crippen molar-refractivity contribution in [3.63, 3.8) is 0 Å². The maximum atomic E-state index is 13.0. The van der Waals surface area contributed by atoms with Crippen LogP contribution in [0, 0.1) is 0 Å². The van der Waals surface area contributed by atoms with E-state index in [1.807, 2.05) is 18.2 Å². The third-order valence-electron chi connectivity index (χ3n) is 5.65. The number of nitrogens with zero attached hydrogens (tertiary/aromatic N) is 3. The Bertz CT molecular complexity index is 1330. The van der Waals surface area contributed by atoms with Crippen LogP contribution in [-0.2, 0) is 16.9 Å². The van der Waals surface area contributed by atoms with E-state index in [-0.39, 0.29) is 12.4 Å². The standard InChI is InChI=1S/C23H19N5O4/c1-32-17-7-4-15-12-28(20(29)18(15)10-17)13-23(21(30)26-22(31)27-23)16-5-2-14(3-6-16)19-11-24-8-9-25-19/h2-12,29H,13H2,1H3,(H2,26,27,30,31)/t23-/m0/s1. The zero-order valence-electron chi connectivity index (χ0n) is 17.1. The average molecular weight is 429 g/mol. The number of carbonyl (C=O) groups is 2. The van der Waals surface area contributed by atoms with E-state index in [9.17, 15) is 14.7 Å². The van der Waals surface area contributed by atoms with E-state index in [4.69, 9.17) is 4.74 Å². The number of hydrogen-bond acceptors (Lipinski definition) is 6. The molecule has 1 atom stereocenters. The minimum absolute atomic E-state index is 0.00209. The number of methoxy groups -OCH3 is 1. The molecule has 2 aromatic heterocycles. The molecule has 2 aromatic carbocycles. The number of ether oxygens (including phenoxy) is 1. The summed E-state index contributed by atoms with van der Waals surface area (Å²) in [4.78, 5) is 33.4. The second-order valence-electron chi connectivity index (χ2n) is 7.52. The van der Waals surface area contributed by atoms with Gasteiger partial charge in [-0.05, 0) is 23.8 Å². The summed E-state index contributed by atoms with van der Waals surface area (Å²) >= 11 is 0. The van der Waals surface area contributed by atoms with Gasteiger partial charge in [0.2, 0.25) is 0 Å². The normalized spacial score (nSPS) is 17.9. The van der Waals surface area contributed by atoms with Gasteiger partial charge in [0.05, 0.1) is 25.5 Å². The summed E-state index contributed by atoms with van der Waals surface area (Å²) in [7, 11) is 1.55. The topological polar surface area (TPSA) is 118 Å². The summed E-state index contributed by atoms with van der Waals surface area (Å²) in [5.41, 5.74) is 0.692. The molecule has 160 valence electrons. The highest BCUT2D eigenvalue weighted by Crippen LogP contribution is 2.35. The van der Waals surface area contributed by atoms with Crippen molar-refractivity contribution in [2.45, 2.75) is 12.1 Å². The van der Waals surface area contributed by atoms with Gasteiger partial charge in [-0.15, -0.1) is 0 Å². The minimum atomic E-state index is -1.39. The molecule has 1 aliphatic heterocycles. The molecule has 0 radical (unpaired) electrons. The Hall–Kier alpha value is -4.40. The molecule has 9 heteroatoms. The lowest BCUT2D eigenvalue weighted by Crippen LogP contribution is -2.47. The van der Waals surface area contributed by atoms with Crippen molar-refractivity contribution in [1.29, 1.82) is 0 Å². The molecule has 32 heavy (non-hydrogen) atoms. The first-order valence-corrected chi connectivity index (χ1v) is 9.86. The van der Waals surface area contributed by atoms with Crippen LogP contribution in [0.25, 0.3) is 22.0 Å². The molecule has 3 heterocycles. The number of amides is 3. The smallest absolute Gasteiger partial charge is 0.322 e. The van der Waals surface area contributed by atoms with E-state index in [0.29, 0.717) is 22.4 Å². The summed E-state index contributed by atoms with van der Waals surface area (Å²) in [6.45, 7) is -0.00209. The van der Waals surface area contributed by atoms with Gasteiger partial charge in [0.15, 0.2) is 11.4 Å². The molecular formula is C23H19N5O4. The lowest BCUT2D eigenvalue weighted by atomic mass is 9.89. The Morgan fingerprint density at radius 3 is 2.59 bits per heavy atom. The van der Waals surface area contributed by atoms with Gasteiger partial charge in [0.1, 0.15) is 5.75 Å². The number of urea groups is 1. The highest BCUT2D eigenvalue weighted by Gasteiger charge is 2.48. The lowest BCUT2D eigenvalue weighted by molar-refractivity contribution is -0.124. The maximum absolute atomic E-state index is 13.0. The Balaban J connectivity index is 1.56. The van der Waals surface area contributed by atoms with E-state index in [2.05, 4.69) is 20.6 Å². The maximum Gasteiger partial charge on any atom is 0.322 e. The molecule has 1 saturated heterocycles. The van der Waals surface area contributed by atoms with Crippen LogP contribution in [0.2, 0.25) is 0 Å². The van der Waals surface area contributed by atoms with Crippen molar-refractivity contribution in [2.24, 2.45) is 0 Å². The first kappa shape index (κ1) is 19.6. The van der Waals surface area contributed by atoms with Gasteiger partial charge in [-0.3, -0.25) is 20.1 Å². The molecule has 1 aliphatic rings. The summed E-state index contributed by atoms with van der Waals surface area (Å²) in [5.74, 6) is 0.0830. The summed E-state index contributed by atoms with van der Waals surface area (Å²) < 4.78 is 6.78. The summed E-state index contributed by atoms with van der Waals surface area (Å²) in [6, 6.07) is 11.9. The van der Waals surface area contributed by atoms with Crippen LogP contribution < -0.4 is 15.4 Å². The number of hydrogen-bond donors (Lipinski definition) is 3. The molecule has 5 rings (SSSR count). The van der Waals surface area contributed by atoms with Crippen LogP contribution in [0.3, 0.4) is 0 Å². The number of rotatable bonds is 5. The van der Waals surface area contributed by atoms with Crippen LogP contribution in [0.4, 0.5) is 4.79 Å². The second kappa shape index (κ2) is 7.38. The van der Waals surface area contributed by atoms with E-state index >= 15 is 0 Å². The molecule has 0 unspecified atom stereocenters. The van der Waals surface area contributed by atoms with E-state index in [0.717, 1.165) is 10.9 Å². The fraction of sp³-hybridized carbons (Fsp3) is 0.130.